The zero-order chi connectivity index (χ0) is 11.5. The lowest BCUT2D eigenvalue weighted by Gasteiger charge is -1.98. The molecule has 0 unspecified atom stereocenters. The van der Waals surface area contributed by atoms with E-state index in [4.69, 9.17) is 5.73 Å². The highest BCUT2D eigenvalue weighted by Crippen LogP contribution is 2.24. The molecule has 1 aliphatic rings. The minimum Gasteiger partial charge on any atom is -0.330 e. The molecule has 1 heterocycles. The first kappa shape index (κ1) is 10.6. The highest BCUT2D eigenvalue weighted by molar-refractivity contribution is 6.51. The van der Waals surface area contributed by atoms with Gasteiger partial charge >= 0.3 is 0 Å². The first-order valence-electron chi connectivity index (χ1n) is 5.08. The Morgan fingerprint density at radius 1 is 1.31 bits per heavy atom. The number of hydrogen-bond acceptors (Lipinski definition) is 3. The molecule has 1 aromatic carbocycles. The lowest BCUT2D eigenvalue weighted by Crippen LogP contribution is -2.12. The molecule has 1 aromatic rings. The lowest BCUT2D eigenvalue weighted by atomic mass is 10.1. The van der Waals surface area contributed by atoms with Crippen LogP contribution >= 0.6 is 0 Å². The standard InChI is InChI=1S/C12H12N2O2/c13-6-2-1-3-8-4-5-10-9(7-8)11(15)12(16)14-10/h1,3-5,7H,2,6,13H2,(H,14,15,16). The normalized spacial score (nSPS) is 14.3. The highest BCUT2D eigenvalue weighted by atomic mass is 16.2. The minimum absolute atomic E-state index is 0.444. The SMILES string of the molecule is NCCC=Cc1ccc2c(c1)C(=O)C(=O)N2. The molecule has 16 heavy (non-hydrogen) atoms. The van der Waals surface area contributed by atoms with Gasteiger partial charge in [-0.1, -0.05) is 18.2 Å². The molecule has 0 saturated heterocycles. The van der Waals surface area contributed by atoms with E-state index in [1.807, 2.05) is 18.2 Å². The maximum Gasteiger partial charge on any atom is 0.296 e. The summed E-state index contributed by atoms with van der Waals surface area (Å²) in [4.78, 5) is 22.5. The Hall–Kier alpha value is -1.94. The number of nitrogens with one attached hydrogen (secondary N) is 1. The van der Waals surface area contributed by atoms with Gasteiger partial charge in [0.25, 0.3) is 11.7 Å². The van der Waals surface area contributed by atoms with E-state index in [0.717, 1.165) is 12.0 Å². The van der Waals surface area contributed by atoms with Crippen LogP contribution in [0, 0.1) is 0 Å². The Balaban J connectivity index is 2.27. The van der Waals surface area contributed by atoms with Crippen LogP contribution in [0.1, 0.15) is 22.3 Å². The van der Waals surface area contributed by atoms with E-state index >= 15 is 0 Å². The molecule has 4 nitrogen and oxygen atoms in total. The number of nitrogens with two attached hydrogens (primary N) is 1. The van der Waals surface area contributed by atoms with Crippen LogP contribution < -0.4 is 11.1 Å². The average molecular weight is 216 g/mol. The summed E-state index contributed by atoms with van der Waals surface area (Å²) in [7, 11) is 0. The molecule has 0 atom stereocenters. The lowest BCUT2D eigenvalue weighted by molar-refractivity contribution is -0.112. The fourth-order valence-corrected chi connectivity index (χ4v) is 1.58. The number of fused-ring (bicyclic) bond motifs is 1. The summed E-state index contributed by atoms with van der Waals surface area (Å²) >= 11 is 0. The van der Waals surface area contributed by atoms with Crippen molar-refractivity contribution in [1.29, 1.82) is 0 Å². The zero-order valence-electron chi connectivity index (χ0n) is 8.69. The van der Waals surface area contributed by atoms with Crippen LogP contribution in [-0.4, -0.2) is 18.2 Å². The fraction of sp³-hybridized carbons (Fsp3) is 0.167. The second-order valence-electron chi connectivity index (χ2n) is 3.57. The van der Waals surface area contributed by atoms with Crippen LogP contribution in [0.4, 0.5) is 5.69 Å². The van der Waals surface area contributed by atoms with Crippen molar-refractivity contribution in [2.24, 2.45) is 5.73 Å². The van der Waals surface area contributed by atoms with Crippen molar-refractivity contribution in [3.8, 4) is 0 Å². The quantitative estimate of drug-likeness (QED) is 0.745. The third kappa shape index (κ3) is 1.87. The number of carbonyl (C=O) groups excluding carboxylic acids is 2. The van der Waals surface area contributed by atoms with Crippen molar-refractivity contribution in [3.63, 3.8) is 0 Å². The number of rotatable bonds is 3. The minimum atomic E-state index is -0.557. The van der Waals surface area contributed by atoms with E-state index in [-0.39, 0.29) is 0 Å². The molecular weight excluding hydrogens is 204 g/mol. The van der Waals surface area contributed by atoms with Crippen molar-refractivity contribution in [2.45, 2.75) is 6.42 Å². The van der Waals surface area contributed by atoms with E-state index in [1.165, 1.54) is 0 Å². The maximum absolute atomic E-state index is 11.4. The Labute approximate surface area is 93.1 Å². The van der Waals surface area contributed by atoms with Crippen molar-refractivity contribution in [3.05, 3.63) is 35.4 Å². The monoisotopic (exact) mass is 216 g/mol. The number of benzene rings is 1. The molecule has 0 bridgehead atoms. The van der Waals surface area contributed by atoms with Gasteiger partial charge in [-0.15, -0.1) is 0 Å². The van der Waals surface area contributed by atoms with Gasteiger partial charge in [0.05, 0.1) is 11.3 Å². The van der Waals surface area contributed by atoms with Gasteiger partial charge in [-0.2, -0.15) is 0 Å². The van der Waals surface area contributed by atoms with Crippen molar-refractivity contribution in [1.82, 2.24) is 0 Å². The first-order chi connectivity index (χ1) is 7.72. The van der Waals surface area contributed by atoms with E-state index in [2.05, 4.69) is 5.32 Å². The van der Waals surface area contributed by atoms with Crippen molar-refractivity contribution >= 4 is 23.5 Å². The Bertz CT molecular complexity index is 478. The van der Waals surface area contributed by atoms with E-state index < -0.39 is 11.7 Å². The van der Waals surface area contributed by atoms with Crippen LogP contribution in [0.3, 0.4) is 0 Å². The molecule has 0 spiro atoms. The van der Waals surface area contributed by atoms with Gasteiger partial charge in [-0.05, 0) is 30.7 Å². The van der Waals surface area contributed by atoms with Gasteiger partial charge in [0.2, 0.25) is 0 Å². The van der Waals surface area contributed by atoms with Crippen LogP contribution in [0.2, 0.25) is 0 Å². The Kier molecular flexibility index (Phi) is 2.83. The van der Waals surface area contributed by atoms with Crippen molar-refractivity contribution in [2.75, 3.05) is 11.9 Å². The van der Waals surface area contributed by atoms with E-state index in [9.17, 15) is 9.59 Å². The molecule has 0 aromatic heterocycles. The first-order valence-corrected chi connectivity index (χ1v) is 5.08. The van der Waals surface area contributed by atoms with Gasteiger partial charge in [-0.3, -0.25) is 9.59 Å². The van der Waals surface area contributed by atoms with E-state index in [0.29, 0.717) is 17.8 Å². The Morgan fingerprint density at radius 2 is 2.12 bits per heavy atom. The smallest absolute Gasteiger partial charge is 0.296 e. The summed E-state index contributed by atoms with van der Waals surface area (Å²) in [6.07, 6.45) is 4.63. The number of ketones is 1. The number of amides is 1. The molecular formula is C12H12N2O2. The molecule has 1 amide bonds. The summed E-state index contributed by atoms with van der Waals surface area (Å²) in [5.74, 6) is -1.03. The third-order valence-corrected chi connectivity index (χ3v) is 2.39. The molecule has 2 rings (SSSR count). The number of carbonyl (C=O) groups is 2. The zero-order valence-corrected chi connectivity index (χ0v) is 8.69. The van der Waals surface area contributed by atoms with Crippen LogP contribution in [-0.2, 0) is 4.79 Å². The average Bonchev–Trinajstić information content (AvgIpc) is 2.56. The largest absolute Gasteiger partial charge is 0.330 e. The summed E-state index contributed by atoms with van der Waals surface area (Å²) in [6, 6.07) is 5.30. The van der Waals surface area contributed by atoms with Gasteiger partial charge in [0.1, 0.15) is 0 Å². The molecule has 0 fully saturated rings. The molecule has 0 aliphatic carbocycles. The molecule has 3 N–H and O–H groups in total. The molecule has 1 aliphatic heterocycles. The summed E-state index contributed by atoms with van der Waals surface area (Å²) < 4.78 is 0. The van der Waals surface area contributed by atoms with Gasteiger partial charge in [0.15, 0.2) is 0 Å². The number of anilines is 1. The third-order valence-electron chi connectivity index (χ3n) is 2.39. The maximum atomic E-state index is 11.4. The topological polar surface area (TPSA) is 72.2 Å². The Morgan fingerprint density at radius 3 is 2.88 bits per heavy atom. The van der Waals surface area contributed by atoms with E-state index in [1.54, 1.807) is 12.1 Å². The summed E-state index contributed by atoms with van der Waals surface area (Å²) in [5, 5.41) is 2.51. The molecule has 4 heteroatoms. The number of hydrogen-bond donors (Lipinski definition) is 2. The predicted molar refractivity (Wildman–Crippen MR) is 62.1 cm³/mol. The van der Waals surface area contributed by atoms with Crippen LogP contribution in [0.25, 0.3) is 6.08 Å². The van der Waals surface area contributed by atoms with Crippen molar-refractivity contribution < 1.29 is 9.59 Å². The second-order valence-corrected chi connectivity index (χ2v) is 3.57. The summed E-state index contributed by atoms with van der Waals surface area (Å²) in [5.41, 5.74) is 7.30. The predicted octanol–water partition coefficient (Wildman–Crippen LogP) is 1.18. The fourth-order valence-electron chi connectivity index (χ4n) is 1.58. The summed E-state index contributed by atoms with van der Waals surface area (Å²) in [6.45, 7) is 0.598. The number of Topliss-reactive ketones (excluding diaryl/α,β-unsaturated/α-hetero) is 1. The van der Waals surface area contributed by atoms with Gasteiger partial charge in [0, 0.05) is 0 Å². The van der Waals surface area contributed by atoms with Crippen LogP contribution in [0.15, 0.2) is 24.3 Å². The van der Waals surface area contributed by atoms with Crippen LogP contribution in [0.5, 0.6) is 0 Å². The van der Waals surface area contributed by atoms with Gasteiger partial charge < -0.3 is 11.1 Å². The molecule has 82 valence electrons. The second kappa shape index (κ2) is 4.28. The van der Waals surface area contributed by atoms with Gasteiger partial charge in [-0.25, -0.2) is 0 Å². The molecule has 0 saturated carbocycles. The molecule has 0 radical (unpaired) electrons. The highest BCUT2D eigenvalue weighted by Gasteiger charge is 2.27.